The molecule has 3 nitrogen and oxygen atoms in total. The highest BCUT2D eigenvalue weighted by atomic mass is 35.5. The molecular formula is C18H27ClN2O. The minimum absolute atomic E-state index is 0. The predicted octanol–water partition coefficient (Wildman–Crippen LogP) is 3.38. The van der Waals surface area contributed by atoms with Gasteiger partial charge in [0.15, 0.2) is 0 Å². The van der Waals surface area contributed by atoms with E-state index in [2.05, 4.69) is 24.4 Å². The highest BCUT2D eigenvalue weighted by Gasteiger charge is 2.34. The van der Waals surface area contributed by atoms with E-state index in [1.807, 2.05) is 23.1 Å². The van der Waals surface area contributed by atoms with Crippen LogP contribution in [0.1, 0.15) is 44.6 Å². The first kappa shape index (κ1) is 17.3. The van der Waals surface area contributed by atoms with Crippen LogP contribution in [0.3, 0.4) is 0 Å². The molecule has 1 aromatic rings. The molecule has 0 radical (unpaired) electrons. The Bertz CT molecular complexity index is 467. The number of rotatable bonds is 5. The van der Waals surface area contributed by atoms with Crippen molar-refractivity contribution in [1.29, 1.82) is 0 Å². The van der Waals surface area contributed by atoms with Gasteiger partial charge in [0.25, 0.3) is 0 Å². The van der Waals surface area contributed by atoms with E-state index in [1.54, 1.807) is 0 Å². The summed E-state index contributed by atoms with van der Waals surface area (Å²) in [7, 11) is 0. The topological polar surface area (TPSA) is 32.3 Å². The molecule has 122 valence electrons. The summed E-state index contributed by atoms with van der Waals surface area (Å²) in [6, 6.07) is 11.6. The van der Waals surface area contributed by atoms with Crippen molar-refractivity contribution in [3.05, 3.63) is 35.9 Å². The molecule has 1 aromatic carbocycles. The van der Waals surface area contributed by atoms with E-state index in [-0.39, 0.29) is 12.4 Å². The highest BCUT2D eigenvalue weighted by Crippen LogP contribution is 2.33. The zero-order valence-corrected chi connectivity index (χ0v) is 14.1. The number of amides is 1. The molecule has 4 heteroatoms. The van der Waals surface area contributed by atoms with Gasteiger partial charge in [0.2, 0.25) is 5.91 Å². The van der Waals surface area contributed by atoms with Crippen LogP contribution in [-0.4, -0.2) is 29.4 Å². The lowest BCUT2D eigenvalue weighted by atomic mass is 9.89. The molecule has 2 atom stereocenters. The molecule has 22 heavy (non-hydrogen) atoms. The maximum atomic E-state index is 12.6. The molecule has 0 spiro atoms. The van der Waals surface area contributed by atoms with E-state index in [0.717, 1.165) is 19.5 Å². The van der Waals surface area contributed by atoms with Crippen molar-refractivity contribution >= 4 is 18.3 Å². The summed E-state index contributed by atoms with van der Waals surface area (Å²) in [5.74, 6) is 0.911. The molecule has 2 bridgehead atoms. The van der Waals surface area contributed by atoms with Crippen molar-refractivity contribution in [2.24, 2.45) is 5.92 Å². The third kappa shape index (κ3) is 4.23. The Kier molecular flexibility index (Phi) is 6.27. The third-order valence-corrected chi connectivity index (χ3v) is 4.98. The third-order valence-electron chi connectivity index (χ3n) is 4.98. The average Bonchev–Trinajstić information content (AvgIpc) is 2.84. The number of carbonyl (C=O) groups excluding carboxylic acids is 1. The van der Waals surface area contributed by atoms with Crippen LogP contribution >= 0.6 is 12.4 Å². The summed E-state index contributed by atoms with van der Waals surface area (Å²) in [6.07, 6.45) is 5.71. The Morgan fingerprint density at radius 2 is 1.82 bits per heavy atom. The second-order valence-electron chi connectivity index (χ2n) is 6.57. The van der Waals surface area contributed by atoms with Gasteiger partial charge in [-0.1, -0.05) is 30.3 Å². The molecule has 2 aliphatic rings. The van der Waals surface area contributed by atoms with Gasteiger partial charge in [-0.05, 0) is 44.1 Å². The highest BCUT2D eigenvalue weighted by molar-refractivity contribution is 5.85. The van der Waals surface area contributed by atoms with Crippen molar-refractivity contribution < 1.29 is 4.79 Å². The summed E-state index contributed by atoms with van der Waals surface area (Å²) < 4.78 is 0. The van der Waals surface area contributed by atoms with Crippen molar-refractivity contribution in [3.8, 4) is 0 Å². The maximum absolute atomic E-state index is 12.6. The van der Waals surface area contributed by atoms with Gasteiger partial charge in [0.1, 0.15) is 0 Å². The summed E-state index contributed by atoms with van der Waals surface area (Å²) in [6.45, 7) is 3.62. The predicted molar refractivity (Wildman–Crippen MR) is 92.1 cm³/mol. The van der Waals surface area contributed by atoms with Gasteiger partial charge in [-0.2, -0.15) is 0 Å². The Morgan fingerprint density at radius 3 is 2.41 bits per heavy atom. The monoisotopic (exact) mass is 322 g/mol. The fourth-order valence-corrected chi connectivity index (χ4v) is 3.90. The number of carbonyl (C=O) groups is 1. The molecule has 2 unspecified atom stereocenters. The van der Waals surface area contributed by atoms with Crippen LogP contribution in [0.4, 0.5) is 0 Å². The first-order valence-electron chi connectivity index (χ1n) is 8.32. The number of nitrogens with zero attached hydrogens (tertiary/aromatic N) is 1. The smallest absolute Gasteiger partial charge is 0.223 e. The van der Waals surface area contributed by atoms with E-state index in [1.165, 1.54) is 31.2 Å². The minimum Gasteiger partial charge on any atom is -0.339 e. The number of hydrogen-bond donors (Lipinski definition) is 1. The van der Waals surface area contributed by atoms with Crippen molar-refractivity contribution in [1.82, 2.24) is 10.2 Å². The van der Waals surface area contributed by atoms with E-state index in [4.69, 9.17) is 0 Å². The quantitative estimate of drug-likeness (QED) is 0.901. The molecule has 1 N–H and O–H groups in total. The van der Waals surface area contributed by atoms with Crippen molar-refractivity contribution in [2.45, 2.75) is 57.7 Å². The Labute approximate surface area is 139 Å². The normalized spacial score (nSPS) is 26.3. The van der Waals surface area contributed by atoms with Gasteiger partial charge in [-0.25, -0.2) is 0 Å². The Balaban J connectivity index is 0.00000176. The molecule has 2 saturated heterocycles. The standard InChI is InChI=1S/C18H26N2O.ClH/c1-2-20(13-14-6-4-3-5-7-14)18(21)12-15-10-16-8-9-17(11-15)19-16;/h3-7,15-17,19H,2,8-13H2,1H3;1H. The average molecular weight is 323 g/mol. The molecule has 2 fully saturated rings. The lowest BCUT2D eigenvalue weighted by molar-refractivity contribution is -0.132. The minimum atomic E-state index is 0. The lowest BCUT2D eigenvalue weighted by Crippen LogP contribution is -2.40. The van der Waals surface area contributed by atoms with E-state index >= 15 is 0 Å². The van der Waals surface area contributed by atoms with Crippen LogP contribution in [0, 0.1) is 5.92 Å². The van der Waals surface area contributed by atoms with Crippen LogP contribution in [0.25, 0.3) is 0 Å². The lowest BCUT2D eigenvalue weighted by Gasteiger charge is -2.30. The first-order chi connectivity index (χ1) is 10.2. The van der Waals surface area contributed by atoms with E-state index in [9.17, 15) is 4.79 Å². The SMILES string of the molecule is CCN(Cc1ccccc1)C(=O)CC1CC2CCC(C1)N2.Cl. The number of nitrogens with one attached hydrogen (secondary N) is 1. The first-order valence-corrected chi connectivity index (χ1v) is 8.32. The largest absolute Gasteiger partial charge is 0.339 e. The fourth-order valence-electron chi connectivity index (χ4n) is 3.90. The zero-order chi connectivity index (χ0) is 14.7. The van der Waals surface area contributed by atoms with Gasteiger partial charge >= 0.3 is 0 Å². The summed E-state index contributed by atoms with van der Waals surface area (Å²) in [5, 5.41) is 3.65. The fraction of sp³-hybridized carbons (Fsp3) is 0.611. The molecular weight excluding hydrogens is 296 g/mol. The van der Waals surface area contributed by atoms with Crippen LogP contribution in [0.2, 0.25) is 0 Å². The van der Waals surface area contributed by atoms with Gasteiger partial charge < -0.3 is 10.2 Å². The Morgan fingerprint density at radius 1 is 1.18 bits per heavy atom. The maximum Gasteiger partial charge on any atom is 0.223 e. The van der Waals surface area contributed by atoms with Crippen LogP contribution in [-0.2, 0) is 11.3 Å². The molecule has 0 aliphatic carbocycles. The zero-order valence-electron chi connectivity index (χ0n) is 13.3. The molecule has 0 aromatic heterocycles. The summed E-state index contributed by atoms with van der Waals surface area (Å²) >= 11 is 0. The Hall–Kier alpha value is -1.06. The number of halogens is 1. The summed E-state index contributed by atoms with van der Waals surface area (Å²) in [5.41, 5.74) is 1.22. The molecule has 2 heterocycles. The van der Waals surface area contributed by atoms with Gasteiger partial charge in [-0.3, -0.25) is 4.79 Å². The number of benzene rings is 1. The second kappa shape index (κ2) is 7.98. The number of piperidine rings is 1. The van der Waals surface area contributed by atoms with Gasteiger partial charge in [-0.15, -0.1) is 12.4 Å². The van der Waals surface area contributed by atoms with Crippen LogP contribution in [0.15, 0.2) is 30.3 Å². The van der Waals surface area contributed by atoms with Gasteiger partial charge in [0, 0.05) is 31.6 Å². The van der Waals surface area contributed by atoms with Crippen molar-refractivity contribution in [2.75, 3.05) is 6.54 Å². The molecule has 1 amide bonds. The number of fused-ring (bicyclic) bond motifs is 2. The number of hydrogen-bond acceptors (Lipinski definition) is 2. The van der Waals surface area contributed by atoms with E-state index < -0.39 is 0 Å². The molecule has 2 aliphatic heterocycles. The van der Waals surface area contributed by atoms with E-state index in [0.29, 0.717) is 23.9 Å². The summed E-state index contributed by atoms with van der Waals surface area (Å²) in [4.78, 5) is 14.6. The second-order valence-corrected chi connectivity index (χ2v) is 6.57. The van der Waals surface area contributed by atoms with Crippen LogP contribution in [0.5, 0.6) is 0 Å². The van der Waals surface area contributed by atoms with Crippen LogP contribution < -0.4 is 5.32 Å². The van der Waals surface area contributed by atoms with Gasteiger partial charge in [0.05, 0.1) is 0 Å². The molecule has 3 rings (SSSR count). The molecule has 0 saturated carbocycles. The van der Waals surface area contributed by atoms with Crippen molar-refractivity contribution in [3.63, 3.8) is 0 Å².